The van der Waals surface area contributed by atoms with Gasteiger partial charge in [-0.1, -0.05) is 80.0 Å². The second-order valence-corrected chi connectivity index (χ2v) is 6.47. The van der Waals surface area contributed by atoms with Crippen LogP contribution in [-0.4, -0.2) is 0 Å². The van der Waals surface area contributed by atoms with Crippen LogP contribution < -0.4 is 10.4 Å². The minimum atomic E-state index is 1.13. The summed E-state index contributed by atoms with van der Waals surface area (Å²) in [5.74, 6) is 0. The number of benzene rings is 2. The second kappa shape index (κ2) is 9.19. The van der Waals surface area contributed by atoms with E-state index in [4.69, 9.17) is 0 Å². The Labute approximate surface area is 163 Å². The van der Waals surface area contributed by atoms with Crippen LogP contribution in [0.25, 0.3) is 40.6 Å². The molecule has 27 heavy (non-hydrogen) atoms. The van der Waals surface area contributed by atoms with E-state index in [-0.39, 0.29) is 0 Å². The fourth-order valence-electron chi connectivity index (χ4n) is 3.81. The van der Waals surface area contributed by atoms with Gasteiger partial charge in [0.2, 0.25) is 0 Å². The highest BCUT2D eigenvalue weighted by molar-refractivity contribution is 6.02. The molecule has 0 radical (unpaired) electrons. The lowest BCUT2D eigenvalue weighted by Crippen LogP contribution is -2.20. The van der Waals surface area contributed by atoms with Crippen molar-refractivity contribution in [2.24, 2.45) is 0 Å². The van der Waals surface area contributed by atoms with Gasteiger partial charge in [-0.05, 0) is 83.7 Å². The first-order chi connectivity index (χ1) is 13.1. The summed E-state index contributed by atoms with van der Waals surface area (Å²) in [6, 6.07) is 4.46. The van der Waals surface area contributed by atoms with Crippen LogP contribution in [0.4, 0.5) is 0 Å². The van der Waals surface area contributed by atoms with Gasteiger partial charge in [0.05, 0.1) is 0 Å². The van der Waals surface area contributed by atoms with E-state index in [9.17, 15) is 0 Å². The van der Waals surface area contributed by atoms with Crippen LogP contribution in [0.1, 0.15) is 49.9 Å². The van der Waals surface area contributed by atoms with Crippen LogP contribution in [-0.2, 0) is 0 Å². The van der Waals surface area contributed by atoms with Crippen LogP contribution in [0.3, 0.4) is 0 Å². The molecule has 2 rings (SSSR count). The molecule has 2 aromatic rings. The van der Waals surface area contributed by atoms with Gasteiger partial charge in [-0.2, -0.15) is 0 Å². The van der Waals surface area contributed by atoms with Gasteiger partial charge in [-0.15, -0.1) is 0 Å². The zero-order chi connectivity index (χ0) is 20.0. The third-order valence-electron chi connectivity index (χ3n) is 4.91. The number of hydrogen-bond donors (Lipinski definition) is 0. The standard InChI is InChI=1S/C27H30/c1-8-14-22-24(16-10-3)27-21(13-6)19(7)17-18-25(27)23(15-9-2)26(22)20(11-4)12-5/h8-18H,1,4H2,2-3,5-7H3/b15-9-,16-10-,20-12-,21-13-,22-14-. The summed E-state index contributed by atoms with van der Waals surface area (Å²) < 4.78 is 0. The maximum atomic E-state index is 4.06. The predicted molar refractivity (Wildman–Crippen MR) is 126 cm³/mol. The third kappa shape index (κ3) is 3.66. The lowest BCUT2D eigenvalue weighted by atomic mass is 9.86. The highest BCUT2D eigenvalue weighted by atomic mass is 14.2. The maximum absolute atomic E-state index is 4.06. The largest absolute Gasteiger partial charge is 0.0990 e. The molecule has 0 aliphatic carbocycles. The van der Waals surface area contributed by atoms with Gasteiger partial charge in [0.15, 0.2) is 0 Å². The van der Waals surface area contributed by atoms with Crippen molar-refractivity contribution in [3.05, 3.63) is 88.4 Å². The first-order valence-electron chi connectivity index (χ1n) is 9.52. The molecular weight excluding hydrogens is 324 g/mol. The minimum Gasteiger partial charge on any atom is -0.0990 e. The summed E-state index contributed by atoms with van der Waals surface area (Å²) in [7, 11) is 0. The van der Waals surface area contributed by atoms with Crippen molar-refractivity contribution < 1.29 is 0 Å². The Balaban J connectivity index is 3.44. The predicted octanol–water partition coefficient (Wildman–Crippen LogP) is 6.57. The summed E-state index contributed by atoms with van der Waals surface area (Å²) >= 11 is 0. The smallest absolute Gasteiger partial charge is 0.00271 e. The Morgan fingerprint density at radius 3 is 2.07 bits per heavy atom. The van der Waals surface area contributed by atoms with E-state index in [1.54, 1.807) is 0 Å². The number of aryl methyl sites for hydroxylation is 1. The zero-order valence-corrected chi connectivity index (χ0v) is 17.3. The van der Waals surface area contributed by atoms with Gasteiger partial charge in [0, 0.05) is 0 Å². The molecule has 0 saturated heterocycles. The molecule has 0 aliphatic rings. The van der Waals surface area contributed by atoms with Crippen LogP contribution in [0, 0.1) is 6.92 Å². The van der Waals surface area contributed by atoms with E-state index in [2.05, 4.69) is 102 Å². The number of hydrogen-bond acceptors (Lipinski definition) is 0. The molecule has 0 saturated carbocycles. The van der Waals surface area contributed by atoms with Crippen LogP contribution in [0.5, 0.6) is 0 Å². The molecule has 0 fully saturated rings. The van der Waals surface area contributed by atoms with Crippen molar-refractivity contribution >= 4 is 40.6 Å². The SMILES string of the molecule is C=C/C=c1\c(/C(C=C)=C\C)c(/C=C\C)c2ccc(C)/c(=C/C)c2c1/C=C\C. The Hall–Kier alpha value is -2.86. The highest BCUT2D eigenvalue weighted by Crippen LogP contribution is 2.29. The first-order valence-corrected chi connectivity index (χ1v) is 9.52. The molecule has 0 spiro atoms. The van der Waals surface area contributed by atoms with Crippen LogP contribution in [0.15, 0.2) is 55.7 Å². The van der Waals surface area contributed by atoms with Crippen molar-refractivity contribution in [3.8, 4) is 0 Å². The molecule has 0 N–H and O–H groups in total. The lowest BCUT2D eigenvalue weighted by Gasteiger charge is -2.18. The van der Waals surface area contributed by atoms with E-state index in [1.807, 2.05) is 12.2 Å². The van der Waals surface area contributed by atoms with Crippen molar-refractivity contribution in [1.82, 2.24) is 0 Å². The van der Waals surface area contributed by atoms with E-state index in [0.29, 0.717) is 0 Å². The maximum Gasteiger partial charge on any atom is -0.00271 e. The lowest BCUT2D eigenvalue weighted by molar-refractivity contribution is 1.42. The van der Waals surface area contributed by atoms with Crippen LogP contribution >= 0.6 is 0 Å². The van der Waals surface area contributed by atoms with Gasteiger partial charge in [-0.3, -0.25) is 0 Å². The summed E-state index contributed by atoms with van der Waals surface area (Å²) in [5, 5.41) is 5.03. The minimum absolute atomic E-state index is 1.13. The van der Waals surface area contributed by atoms with Gasteiger partial charge in [0.25, 0.3) is 0 Å². The van der Waals surface area contributed by atoms with Gasteiger partial charge < -0.3 is 0 Å². The number of rotatable bonds is 5. The molecule has 0 nitrogen and oxygen atoms in total. The van der Waals surface area contributed by atoms with Gasteiger partial charge in [-0.25, -0.2) is 0 Å². The molecule has 0 heterocycles. The molecule has 138 valence electrons. The zero-order valence-electron chi connectivity index (χ0n) is 17.3. The normalized spacial score (nSPS) is 14.0. The average Bonchev–Trinajstić information content (AvgIpc) is 2.67. The molecule has 0 aliphatic heterocycles. The first kappa shape index (κ1) is 20.5. The Bertz CT molecular complexity index is 1080. The summed E-state index contributed by atoms with van der Waals surface area (Å²) in [4.78, 5) is 0. The summed E-state index contributed by atoms with van der Waals surface area (Å²) in [5.41, 5.74) is 6.08. The van der Waals surface area contributed by atoms with E-state index in [0.717, 1.165) is 5.57 Å². The molecule has 0 unspecified atom stereocenters. The highest BCUT2D eigenvalue weighted by Gasteiger charge is 2.15. The van der Waals surface area contributed by atoms with Crippen molar-refractivity contribution in [2.75, 3.05) is 0 Å². The number of allylic oxidation sites excluding steroid dienone is 6. The van der Waals surface area contributed by atoms with Gasteiger partial charge in [0.1, 0.15) is 0 Å². The van der Waals surface area contributed by atoms with E-state index >= 15 is 0 Å². The molecule has 0 atom stereocenters. The molecule has 0 amide bonds. The van der Waals surface area contributed by atoms with Gasteiger partial charge >= 0.3 is 0 Å². The Morgan fingerprint density at radius 1 is 0.889 bits per heavy atom. The third-order valence-corrected chi connectivity index (χ3v) is 4.91. The molecule has 2 aromatic carbocycles. The van der Waals surface area contributed by atoms with Crippen LogP contribution in [0.2, 0.25) is 0 Å². The second-order valence-electron chi connectivity index (χ2n) is 6.47. The number of fused-ring (bicyclic) bond motifs is 1. The van der Waals surface area contributed by atoms with Crippen molar-refractivity contribution in [2.45, 2.75) is 34.6 Å². The Morgan fingerprint density at radius 2 is 1.56 bits per heavy atom. The molecule has 0 aromatic heterocycles. The van der Waals surface area contributed by atoms with Crippen molar-refractivity contribution in [1.29, 1.82) is 0 Å². The molecule has 0 heteroatoms. The monoisotopic (exact) mass is 354 g/mol. The van der Waals surface area contributed by atoms with E-state index in [1.165, 1.54) is 43.5 Å². The van der Waals surface area contributed by atoms with E-state index < -0.39 is 0 Å². The molecular formula is C27H30. The average molecular weight is 355 g/mol. The summed E-state index contributed by atoms with van der Waals surface area (Å²) in [6.07, 6.45) is 18.9. The quantitative estimate of drug-likeness (QED) is 0.533. The summed E-state index contributed by atoms with van der Waals surface area (Å²) in [6.45, 7) is 18.5. The fraction of sp³-hybridized carbons (Fsp3) is 0.185. The molecule has 0 bridgehead atoms. The topological polar surface area (TPSA) is 0 Å². The fourth-order valence-corrected chi connectivity index (χ4v) is 3.81. The Kier molecular flexibility index (Phi) is 6.96. The van der Waals surface area contributed by atoms with Crippen molar-refractivity contribution in [3.63, 3.8) is 0 Å².